The van der Waals surface area contributed by atoms with Gasteiger partial charge in [0, 0.05) is 10.8 Å². The number of carbonyl (C=O) groups excluding carboxylic acids is 1. The van der Waals surface area contributed by atoms with E-state index in [0.29, 0.717) is 4.68 Å². The molecule has 0 spiro atoms. The van der Waals surface area contributed by atoms with Crippen molar-refractivity contribution in [2.24, 2.45) is 0 Å². The summed E-state index contributed by atoms with van der Waals surface area (Å²) in [7, 11) is 1.13. The third-order valence-electron chi connectivity index (χ3n) is 3.48. The average molecular weight is 369 g/mol. The summed E-state index contributed by atoms with van der Waals surface area (Å²) in [5.74, 6) is -0.830. The van der Waals surface area contributed by atoms with Gasteiger partial charge < -0.3 is 10.5 Å². The van der Waals surface area contributed by atoms with Crippen molar-refractivity contribution in [2.45, 2.75) is 6.18 Å². The van der Waals surface area contributed by atoms with E-state index >= 15 is 0 Å². The van der Waals surface area contributed by atoms with Crippen molar-refractivity contribution < 1.29 is 22.7 Å². The molecule has 1 aromatic carbocycles. The molecule has 3 rings (SSSR count). The molecule has 0 fully saturated rings. The van der Waals surface area contributed by atoms with Crippen molar-refractivity contribution in [2.75, 3.05) is 12.8 Å². The summed E-state index contributed by atoms with van der Waals surface area (Å²) in [5.41, 5.74) is 3.76. The highest BCUT2D eigenvalue weighted by atomic mass is 32.1. The summed E-state index contributed by atoms with van der Waals surface area (Å²) in [6.45, 7) is 0. The number of aromatic nitrogens is 2. The Bertz CT molecular complexity index is 1040. The number of esters is 1. The van der Waals surface area contributed by atoms with E-state index in [1.54, 1.807) is 0 Å². The van der Waals surface area contributed by atoms with E-state index < -0.39 is 23.3 Å². The van der Waals surface area contributed by atoms with Gasteiger partial charge in [-0.1, -0.05) is 6.07 Å². The Kier molecular flexibility index (Phi) is 3.99. The fraction of sp³-hybridized carbons (Fsp3) is 0.133. The molecule has 0 saturated carbocycles. The number of fused-ring (bicyclic) bond motifs is 1. The first-order valence-corrected chi connectivity index (χ1v) is 7.68. The van der Waals surface area contributed by atoms with Crippen LogP contribution in [0.25, 0.3) is 16.5 Å². The molecule has 0 amide bonds. The molecule has 2 N–H and O–H groups in total. The number of hydrogen-bond acceptors (Lipinski definition) is 6. The van der Waals surface area contributed by atoms with Gasteiger partial charge in [0.05, 0.1) is 28.7 Å². The van der Waals surface area contributed by atoms with Crippen LogP contribution in [0.5, 0.6) is 0 Å². The van der Waals surface area contributed by atoms with Gasteiger partial charge in [-0.3, -0.25) is 4.79 Å². The number of methoxy groups -OCH3 is 1. The van der Waals surface area contributed by atoms with Crippen LogP contribution < -0.4 is 11.3 Å². The zero-order chi connectivity index (χ0) is 18.4. The molecule has 0 atom stereocenters. The van der Waals surface area contributed by atoms with Crippen LogP contribution in [0.4, 0.5) is 18.2 Å². The molecule has 0 aliphatic rings. The molecule has 0 saturated heterocycles. The van der Waals surface area contributed by atoms with Crippen molar-refractivity contribution in [3.05, 3.63) is 51.3 Å². The number of hydrogen-bond donors (Lipinski definition) is 1. The molecule has 130 valence electrons. The summed E-state index contributed by atoms with van der Waals surface area (Å²) < 4.78 is 44.1. The van der Waals surface area contributed by atoms with E-state index in [0.717, 1.165) is 36.6 Å². The van der Waals surface area contributed by atoms with E-state index in [-0.39, 0.29) is 27.2 Å². The van der Waals surface area contributed by atoms with Crippen LogP contribution in [-0.2, 0) is 10.9 Å². The average Bonchev–Trinajstić information content (AvgIpc) is 2.96. The Morgan fingerprint density at radius 1 is 1.36 bits per heavy atom. The summed E-state index contributed by atoms with van der Waals surface area (Å²) in [4.78, 5) is 24.6. The quantitative estimate of drug-likeness (QED) is 0.702. The van der Waals surface area contributed by atoms with E-state index in [9.17, 15) is 22.8 Å². The van der Waals surface area contributed by atoms with Gasteiger partial charge in [0.15, 0.2) is 5.69 Å². The van der Waals surface area contributed by atoms with Gasteiger partial charge in [0.1, 0.15) is 0 Å². The second-order valence-corrected chi connectivity index (χ2v) is 5.91. The van der Waals surface area contributed by atoms with Crippen molar-refractivity contribution in [3.63, 3.8) is 0 Å². The zero-order valence-electron chi connectivity index (χ0n) is 12.6. The molecule has 0 radical (unpaired) electrons. The van der Waals surface area contributed by atoms with Gasteiger partial charge in [0.2, 0.25) is 0 Å². The first-order chi connectivity index (χ1) is 11.7. The highest BCUT2D eigenvalue weighted by molar-refractivity contribution is 7.15. The smallest absolute Gasteiger partial charge is 0.416 e. The summed E-state index contributed by atoms with van der Waals surface area (Å²) in [5, 5.41) is 5.71. The first-order valence-electron chi connectivity index (χ1n) is 6.80. The van der Waals surface area contributed by atoms with Gasteiger partial charge in [-0.2, -0.15) is 23.0 Å². The Morgan fingerprint density at radius 2 is 2.08 bits per heavy atom. The number of thiophene rings is 1. The number of benzene rings is 1. The predicted molar refractivity (Wildman–Crippen MR) is 86.0 cm³/mol. The third-order valence-corrected chi connectivity index (χ3v) is 4.29. The molecular weight excluding hydrogens is 359 g/mol. The topological polar surface area (TPSA) is 87.2 Å². The fourth-order valence-corrected chi connectivity index (χ4v) is 3.10. The van der Waals surface area contributed by atoms with Gasteiger partial charge in [-0.15, -0.1) is 11.3 Å². The van der Waals surface area contributed by atoms with Crippen LogP contribution in [0, 0.1) is 0 Å². The minimum absolute atomic E-state index is 0.0119. The molecular formula is C15H10F3N3O3S. The van der Waals surface area contributed by atoms with Gasteiger partial charge in [0.25, 0.3) is 5.56 Å². The van der Waals surface area contributed by atoms with Crippen molar-refractivity contribution >= 4 is 33.1 Å². The number of nitrogens with zero attached hydrogens (tertiary/aromatic N) is 2. The standard InChI is InChI=1S/C15H10F3N3O3S/c1-24-14(23)11-9-6-25-12(19)10(9)13(22)21(20-11)8-4-2-3-7(5-8)15(16,17)18/h2-6H,19H2,1H3. The second kappa shape index (κ2) is 5.88. The maximum absolute atomic E-state index is 12.9. The van der Waals surface area contributed by atoms with Gasteiger partial charge in [-0.05, 0) is 18.2 Å². The minimum Gasteiger partial charge on any atom is -0.464 e. The largest absolute Gasteiger partial charge is 0.464 e. The van der Waals surface area contributed by atoms with Gasteiger partial charge in [-0.25, -0.2) is 4.79 Å². The number of nitrogens with two attached hydrogens (primary N) is 1. The van der Waals surface area contributed by atoms with Gasteiger partial charge >= 0.3 is 12.1 Å². The SMILES string of the molecule is COC(=O)c1nn(-c2cccc(C(F)(F)F)c2)c(=O)c2c(N)scc12. The van der Waals surface area contributed by atoms with Crippen LogP contribution in [0.2, 0.25) is 0 Å². The molecule has 25 heavy (non-hydrogen) atoms. The van der Waals surface area contributed by atoms with E-state index in [4.69, 9.17) is 5.73 Å². The number of carbonyl (C=O) groups is 1. The van der Waals surface area contributed by atoms with Crippen LogP contribution in [0.3, 0.4) is 0 Å². The fourth-order valence-electron chi connectivity index (χ4n) is 2.31. The van der Waals surface area contributed by atoms with Crippen LogP contribution >= 0.6 is 11.3 Å². The molecule has 0 bridgehead atoms. The Labute approximate surface area is 142 Å². The number of nitrogen functional groups attached to an aromatic ring is 1. The number of ether oxygens (including phenoxy) is 1. The number of halogens is 3. The zero-order valence-corrected chi connectivity index (χ0v) is 13.4. The maximum atomic E-state index is 12.9. The molecule has 6 nitrogen and oxygen atoms in total. The first kappa shape index (κ1) is 17.0. The predicted octanol–water partition coefficient (Wildman–Crippen LogP) is 2.83. The van der Waals surface area contributed by atoms with E-state index in [2.05, 4.69) is 9.84 Å². The Morgan fingerprint density at radius 3 is 2.72 bits per heavy atom. The number of alkyl halides is 3. The van der Waals surface area contributed by atoms with Crippen molar-refractivity contribution in [1.82, 2.24) is 9.78 Å². The summed E-state index contributed by atoms with van der Waals surface area (Å²) in [6, 6.07) is 4.06. The molecule has 2 heterocycles. The number of anilines is 1. The Hall–Kier alpha value is -2.88. The molecule has 3 aromatic rings. The summed E-state index contributed by atoms with van der Waals surface area (Å²) >= 11 is 1.02. The number of rotatable bonds is 2. The maximum Gasteiger partial charge on any atom is 0.416 e. The lowest BCUT2D eigenvalue weighted by atomic mass is 10.2. The minimum atomic E-state index is -4.59. The second-order valence-electron chi connectivity index (χ2n) is 4.99. The Balaban J connectivity index is 2.34. The monoisotopic (exact) mass is 369 g/mol. The lowest BCUT2D eigenvalue weighted by molar-refractivity contribution is -0.137. The van der Waals surface area contributed by atoms with E-state index in [1.807, 2.05) is 0 Å². The molecule has 0 aliphatic carbocycles. The molecule has 2 aromatic heterocycles. The normalized spacial score (nSPS) is 11.7. The van der Waals surface area contributed by atoms with Crippen molar-refractivity contribution in [1.29, 1.82) is 0 Å². The lowest BCUT2D eigenvalue weighted by Gasteiger charge is -2.11. The molecule has 0 unspecified atom stereocenters. The van der Waals surface area contributed by atoms with Crippen LogP contribution in [0.15, 0.2) is 34.4 Å². The highest BCUT2D eigenvalue weighted by Crippen LogP contribution is 2.31. The summed E-state index contributed by atoms with van der Waals surface area (Å²) in [6.07, 6.45) is -4.59. The molecule has 0 aliphatic heterocycles. The van der Waals surface area contributed by atoms with Crippen LogP contribution in [-0.4, -0.2) is 22.9 Å². The lowest BCUT2D eigenvalue weighted by Crippen LogP contribution is -2.25. The molecule has 10 heteroatoms. The van der Waals surface area contributed by atoms with E-state index in [1.165, 1.54) is 11.4 Å². The highest BCUT2D eigenvalue weighted by Gasteiger charge is 2.31. The van der Waals surface area contributed by atoms with Crippen LogP contribution in [0.1, 0.15) is 16.1 Å². The third kappa shape index (κ3) is 2.84. The van der Waals surface area contributed by atoms with Crippen molar-refractivity contribution in [3.8, 4) is 5.69 Å².